The van der Waals surface area contributed by atoms with Crippen LogP contribution in [0.3, 0.4) is 0 Å². The van der Waals surface area contributed by atoms with Gasteiger partial charge in [0, 0.05) is 49.2 Å². The summed E-state index contributed by atoms with van der Waals surface area (Å²) < 4.78 is 0. The second-order valence-electron chi connectivity index (χ2n) is 7.55. The van der Waals surface area contributed by atoms with E-state index in [0.29, 0.717) is 35.3 Å². The molecule has 2 aromatic heterocycles. The lowest BCUT2D eigenvalue weighted by Gasteiger charge is -2.10. The predicted molar refractivity (Wildman–Crippen MR) is 133 cm³/mol. The molecule has 0 radical (unpaired) electrons. The van der Waals surface area contributed by atoms with Crippen LogP contribution in [0.2, 0.25) is 0 Å². The summed E-state index contributed by atoms with van der Waals surface area (Å²) in [5.74, 6) is -1.80. The number of nitrogens with zero attached hydrogens (tertiary/aromatic N) is 4. The number of hydrogen-bond donors (Lipinski definition) is 6. The summed E-state index contributed by atoms with van der Waals surface area (Å²) >= 11 is 0. The Bertz CT molecular complexity index is 1090. The molecule has 0 spiro atoms. The van der Waals surface area contributed by atoms with Gasteiger partial charge >= 0.3 is 0 Å². The summed E-state index contributed by atoms with van der Waals surface area (Å²) in [7, 11) is 0. The first-order chi connectivity index (χ1) is 17.2. The summed E-state index contributed by atoms with van der Waals surface area (Å²) in [4.78, 5) is 53.9. The first-order valence-corrected chi connectivity index (χ1v) is 10.9. The molecule has 14 nitrogen and oxygen atoms in total. The van der Waals surface area contributed by atoms with E-state index in [2.05, 4.69) is 30.8 Å². The van der Waals surface area contributed by atoms with Crippen molar-refractivity contribution in [2.45, 2.75) is 38.5 Å². The zero-order valence-electron chi connectivity index (χ0n) is 19.4. The Kier molecular flexibility index (Phi) is 10.4. The smallest absolute Gasteiger partial charge is 0.224 e. The molecule has 0 atom stereocenters. The monoisotopic (exact) mass is 496 g/mol. The van der Waals surface area contributed by atoms with Crippen LogP contribution in [0.1, 0.15) is 49.7 Å². The molecule has 2 heterocycles. The highest BCUT2D eigenvalue weighted by molar-refractivity contribution is 6.08. The van der Waals surface area contributed by atoms with Gasteiger partial charge in [-0.25, -0.2) is 0 Å². The quantitative estimate of drug-likeness (QED) is 0.122. The largest absolute Gasteiger partial charge is 0.382 e. The van der Waals surface area contributed by atoms with Gasteiger partial charge in [-0.1, -0.05) is 0 Å². The third kappa shape index (κ3) is 9.17. The van der Waals surface area contributed by atoms with E-state index < -0.39 is 11.8 Å². The Labute approximate surface area is 206 Å². The van der Waals surface area contributed by atoms with Crippen molar-refractivity contribution < 1.29 is 19.2 Å². The van der Waals surface area contributed by atoms with Gasteiger partial charge < -0.3 is 33.6 Å². The molecule has 190 valence electrons. The number of nitrogens with one attached hydrogen (secondary N) is 2. The third-order valence-corrected chi connectivity index (χ3v) is 4.66. The highest BCUT2D eigenvalue weighted by Crippen LogP contribution is 2.16. The van der Waals surface area contributed by atoms with Crippen LogP contribution in [0.25, 0.3) is 0 Å². The number of rotatable bonds is 13. The average molecular weight is 497 g/mol. The number of aromatic nitrogens is 2. The summed E-state index contributed by atoms with van der Waals surface area (Å²) in [6.07, 6.45) is 6.66. The van der Waals surface area contributed by atoms with Crippen molar-refractivity contribution in [2.75, 3.05) is 10.6 Å². The van der Waals surface area contributed by atoms with Crippen LogP contribution in [0.15, 0.2) is 47.1 Å². The maximum Gasteiger partial charge on any atom is 0.224 e. The third-order valence-electron chi connectivity index (χ3n) is 4.66. The molecule has 0 bridgehead atoms. The summed E-state index contributed by atoms with van der Waals surface area (Å²) in [5, 5.41) is 13.2. The second-order valence-corrected chi connectivity index (χ2v) is 7.55. The molecule has 10 N–H and O–H groups in total. The van der Waals surface area contributed by atoms with Crippen molar-refractivity contribution in [3.8, 4) is 0 Å². The van der Waals surface area contributed by atoms with Crippen LogP contribution in [0.4, 0.5) is 11.4 Å². The molecule has 36 heavy (non-hydrogen) atoms. The Morgan fingerprint density at radius 1 is 0.667 bits per heavy atom. The minimum absolute atomic E-state index is 0.0566. The fourth-order valence-electron chi connectivity index (χ4n) is 2.92. The minimum atomic E-state index is -0.489. The number of hydrogen-bond acceptors (Lipinski definition) is 8. The first kappa shape index (κ1) is 27.4. The number of nitrogens with two attached hydrogens (primary N) is 4. The molecule has 2 aromatic rings. The van der Waals surface area contributed by atoms with Gasteiger partial charge in [-0.15, -0.1) is 10.2 Å². The standard InChI is InChI=1S/C22H28N10O4/c23-17(33)3-1-5-19(35)29-15-11-27-9-7-13(15)21(25)31-32-22(26)14-8-10-28-12-16(14)30-20(36)6-2-4-18(24)34/h7-12H,1-6H2,(H2,23,33)(H2,24,34)(H2,25,31)(H2,26,32)(H,29,35)(H,30,36). The number of amides is 4. The highest BCUT2D eigenvalue weighted by atomic mass is 16.2. The molecule has 4 amide bonds. The lowest BCUT2D eigenvalue weighted by atomic mass is 10.2. The number of pyridine rings is 2. The minimum Gasteiger partial charge on any atom is -0.382 e. The Morgan fingerprint density at radius 3 is 1.42 bits per heavy atom. The van der Waals surface area contributed by atoms with Gasteiger partial charge in [-0.2, -0.15) is 0 Å². The number of carbonyl (C=O) groups is 4. The molecule has 0 aromatic carbocycles. The number of primary amides is 2. The lowest BCUT2D eigenvalue weighted by Crippen LogP contribution is -2.21. The number of carbonyl (C=O) groups excluding carboxylic acids is 4. The van der Waals surface area contributed by atoms with Gasteiger partial charge in [0.2, 0.25) is 23.6 Å². The molecule has 0 saturated heterocycles. The number of anilines is 2. The Morgan fingerprint density at radius 2 is 1.06 bits per heavy atom. The van der Waals surface area contributed by atoms with Gasteiger partial charge in [0.1, 0.15) is 0 Å². The van der Waals surface area contributed by atoms with E-state index in [-0.39, 0.29) is 49.2 Å². The van der Waals surface area contributed by atoms with Crippen molar-refractivity contribution in [1.29, 1.82) is 0 Å². The van der Waals surface area contributed by atoms with Crippen LogP contribution in [0.5, 0.6) is 0 Å². The molecule has 0 unspecified atom stereocenters. The molecule has 2 rings (SSSR count). The SMILES string of the molecule is NC(=O)CCCC(=O)Nc1cnccc1/C(N)=N/N=C(\N)c1ccncc1NC(=O)CCCC(N)=O. The van der Waals surface area contributed by atoms with Crippen LogP contribution in [-0.2, 0) is 19.2 Å². The van der Waals surface area contributed by atoms with Crippen molar-refractivity contribution in [2.24, 2.45) is 33.1 Å². The van der Waals surface area contributed by atoms with E-state index in [0.717, 1.165) is 0 Å². The Hall–Kier alpha value is -4.88. The first-order valence-electron chi connectivity index (χ1n) is 10.9. The molecule has 0 fully saturated rings. The fraction of sp³-hybridized carbons (Fsp3) is 0.273. The second kappa shape index (κ2) is 13.7. The van der Waals surface area contributed by atoms with Gasteiger partial charge in [-0.05, 0) is 25.0 Å². The lowest BCUT2D eigenvalue weighted by molar-refractivity contribution is -0.120. The maximum atomic E-state index is 12.2. The van der Waals surface area contributed by atoms with Gasteiger partial charge in [0.25, 0.3) is 0 Å². The summed E-state index contributed by atoms with van der Waals surface area (Å²) in [6.45, 7) is 0. The molecule has 0 aliphatic rings. The normalized spacial score (nSPS) is 11.6. The summed E-state index contributed by atoms with van der Waals surface area (Å²) in [6, 6.07) is 3.07. The molecule has 0 saturated carbocycles. The van der Waals surface area contributed by atoms with E-state index in [9.17, 15) is 19.2 Å². The Balaban J connectivity index is 2.14. The zero-order valence-corrected chi connectivity index (χ0v) is 19.4. The van der Waals surface area contributed by atoms with E-state index in [1.807, 2.05) is 0 Å². The molecule has 14 heteroatoms. The summed E-state index contributed by atoms with van der Waals surface area (Å²) in [5.41, 5.74) is 23.6. The van der Waals surface area contributed by atoms with E-state index in [4.69, 9.17) is 22.9 Å². The average Bonchev–Trinajstić information content (AvgIpc) is 2.82. The van der Waals surface area contributed by atoms with Gasteiger partial charge in [0.05, 0.1) is 23.8 Å². The fourth-order valence-corrected chi connectivity index (χ4v) is 2.92. The van der Waals surface area contributed by atoms with E-state index >= 15 is 0 Å². The van der Waals surface area contributed by atoms with Crippen LogP contribution in [-0.4, -0.2) is 45.3 Å². The maximum absolute atomic E-state index is 12.2. The van der Waals surface area contributed by atoms with Crippen molar-refractivity contribution in [1.82, 2.24) is 9.97 Å². The van der Waals surface area contributed by atoms with Crippen LogP contribution >= 0.6 is 0 Å². The molecule has 0 aliphatic heterocycles. The molecular formula is C22H28N10O4. The van der Waals surface area contributed by atoms with Crippen LogP contribution in [0, 0.1) is 0 Å². The predicted octanol–water partition coefficient (Wildman–Crippen LogP) is -0.309. The van der Waals surface area contributed by atoms with Crippen molar-refractivity contribution in [3.63, 3.8) is 0 Å². The highest BCUT2D eigenvalue weighted by Gasteiger charge is 2.13. The van der Waals surface area contributed by atoms with Gasteiger partial charge in [-0.3, -0.25) is 29.1 Å². The zero-order chi connectivity index (χ0) is 26.5. The van der Waals surface area contributed by atoms with Crippen LogP contribution < -0.4 is 33.6 Å². The van der Waals surface area contributed by atoms with Gasteiger partial charge in [0.15, 0.2) is 11.7 Å². The van der Waals surface area contributed by atoms with E-state index in [1.165, 1.54) is 36.9 Å². The van der Waals surface area contributed by atoms with Crippen molar-refractivity contribution >= 4 is 46.7 Å². The molecule has 0 aliphatic carbocycles. The topological polar surface area (TPSA) is 247 Å². The number of amidine groups is 2. The van der Waals surface area contributed by atoms with Crippen molar-refractivity contribution in [3.05, 3.63) is 48.0 Å². The van der Waals surface area contributed by atoms with E-state index in [1.54, 1.807) is 0 Å². The molecular weight excluding hydrogens is 468 g/mol.